The summed E-state index contributed by atoms with van der Waals surface area (Å²) in [5.41, 5.74) is 4.03. The van der Waals surface area contributed by atoms with E-state index in [-0.39, 0.29) is 24.1 Å². The van der Waals surface area contributed by atoms with Crippen LogP contribution in [0.4, 0.5) is 10.1 Å². The normalized spacial score (nSPS) is 13.5. The van der Waals surface area contributed by atoms with Gasteiger partial charge in [-0.1, -0.05) is 23.8 Å². The minimum Gasteiger partial charge on any atom is -0.455 e. The van der Waals surface area contributed by atoms with E-state index >= 15 is 0 Å². The van der Waals surface area contributed by atoms with Crippen LogP contribution in [0.2, 0.25) is 0 Å². The largest absolute Gasteiger partial charge is 0.488 e. The fourth-order valence-corrected chi connectivity index (χ4v) is 5.81. The van der Waals surface area contributed by atoms with Gasteiger partial charge >= 0.3 is 7.12 Å². The van der Waals surface area contributed by atoms with E-state index in [2.05, 4.69) is 5.32 Å². The Balaban J connectivity index is 1.69. The Morgan fingerprint density at radius 3 is 2.38 bits per heavy atom. The number of benzene rings is 3. The monoisotopic (exact) mass is 550 g/mol. The van der Waals surface area contributed by atoms with Crippen LogP contribution in [0.3, 0.4) is 0 Å². The number of carbonyl (C=O) groups excluding carboxylic acids is 1. The number of aryl methyl sites for hydroxylation is 1. The summed E-state index contributed by atoms with van der Waals surface area (Å²) in [5, 5.41) is 22.3. The fraction of sp³-hybridized carbons (Fsp3) is 0.250. The molecule has 1 aliphatic rings. The molecule has 0 spiro atoms. The van der Waals surface area contributed by atoms with E-state index in [9.17, 15) is 27.7 Å². The van der Waals surface area contributed by atoms with Gasteiger partial charge in [-0.25, -0.2) is 12.8 Å². The SMILES string of the molecule is CNC(=O)c1c(-c2ccc(F)cc2)oc2cc(N(Cc3ccc(B(O)O)c(C)c3)S(C)(=O)=O)c(C3CC3)cc12. The molecule has 1 saturated carbocycles. The summed E-state index contributed by atoms with van der Waals surface area (Å²) in [5.74, 6) is -0.397. The molecule has 39 heavy (non-hydrogen) atoms. The molecule has 0 unspecified atom stereocenters. The number of nitrogens with one attached hydrogen (secondary N) is 1. The number of hydrogen-bond acceptors (Lipinski definition) is 6. The molecule has 1 aliphatic carbocycles. The van der Waals surface area contributed by atoms with Crippen LogP contribution < -0.4 is 15.1 Å². The zero-order valence-corrected chi connectivity index (χ0v) is 22.5. The van der Waals surface area contributed by atoms with E-state index in [1.54, 1.807) is 31.2 Å². The molecule has 1 fully saturated rings. The van der Waals surface area contributed by atoms with Crippen molar-refractivity contribution in [1.82, 2.24) is 5.32 Å². The molecule has 11 heteroatoms. The van der Waals surface area contributed by atoms with Crippen molar-refractivity contribution in [2.45, 2.75) is 32.2 Å². The predicted octanol–water partition coefficient (Wildman–Crippen LogP) is 3.43. The third-order valence-corrected chi connectivity index (χ3v) is 8.15. The van der Waals surface area contributed by atoms with Gasteiger partial charge in [0, 0.05) is 24.1 Å². The third kappa shape index (κ3) is 5.30. The summed E-state index contributed by atoms with van der Waals surface area (Å²) < 4.78 is 47.3. The minimum atomic E-state index is -3.76. The second-order valence-electron chi connectivity index (χ2n) is 9.91. The van der Waals surface area contributed by atoms with Gasteiger partial charge in [-0.3, -0.25) is 9.10 Å². The van der Waals surface area contributed by atoms with Gasteiger partial charge < -0.3 is 19.8 Å². The lowest BCUT2D eigenvalue weighted by atomic mass is 9.77. The van der Waals surface area contributed by atoms with Crippen molar-refractivity contribution in [3.8, 4) is 11.3 Å². The lowest BCUT2D eigenvalue weighted by molar-refractivity contribution is 0.0964. The van der Waals surface area contributed by atoms with E-state index in [4.69, 9.17) is 4.42 Å². The molecule has 8 nitrogen and oxygen atoms in total. The van der Waals surface area contributed by atoms with Crippen LogP contribution in [0, 0.1) is 12.7 Å². The third-order valence-electron chi connectivity index (χ3n) is 7.02. The Morgan fingerprint density at radius 1 is 1.13 bits per heavy atom. The number of nitrogens with zero attached hydrogens (tertiary/aromatic N) is 1. The second kappa shape index (κ2) is 10.1. The van der Waals surface area contributed by atoms with Gasteiger partial charge in [-0.2, -0.15) is 0 Å². The highest BCUT2D eigenvalue weighted by atomic mass is 32.2. The van der Waals surface area contributed by atoms with Crippen molar-refractivity contribution in [3.63, 3.8) is 0 Å². The summed E-state index contributed by atoms with van der Waals surface area (Å²) in [6.45, 7) is 1.74. The molecular formula is C28H28BFN2O6S. The van der Waals surface area contributed by atoms with Gasteiger partial charge in [0.2, 0.25) is 10.0 Å². The molecular weight excluding hydrogens is 522 g/mol. The standard InChI is InChI=1S/C28H28BFN2O6S/c1-16-12-17(4-11-23(16)29(34)35)15-32(39(3,36)37)24-14-25-22(13-21(24)18-5-6-18)26(28(33)31-2)27(38-25)19-7-9-20(30)10-8-19/h4,7-14,18,34-35H,5-6,15H2,1-3H3,(H,31,33). The highest BCUT2D eigenvalue weighted by molar-refractivity contribution is 7.92. The average molecular weight is 550 g/mol. The molecule has 1 aromatic heterocycles. The van der Waals surface area contributed by atoms with Crippen molar-refractivity contribution in [1.29, 1.82) is 0 Å². The molecule has 202 valence electrons. The van der Waals surface area contributed by atoms with Crippen molar-refractivity contribution < 1.29 is 32.1 Å². The Kier molecular flexibility index (Phi) is 7.00. The first-order valence-corrected chi connectivity index (χ1v) is 14.3. The van der Waals surface area contributed by atoms with Gasteiger partial charge in [-0.15, -0.1) is 0 Å². The van der Waals surface area contributed by atoms with E-state index < -0.39 is 23.0 Å². The lowest BCUT2D eigenvalue weighted by Gasteiger charge is -2.25. The smallest absolute Gasteiger partial charge is 0.455 e. The Bertz CT molecular complexity index is 1680. The van der Waals surface area contributed by atoms with Crippen LogP contribution in [-0.4, -0.2) is 44.8 Å². The predicted molar refractivity (Wildman–Crippen MR) is 149 cm³/mol. The van der Waals surface area contributed by atoms with Crippen LogP contribution in [0.5, 0.6) is 0 Å². The Labute approximate surface area is 226 Å². The molecule has 5 rings (SSSR count). The van der Waals surface area contributed by atoms with Crippen molar-refractivity contribution in [2.24, 2.45) is 0 Å². The maximum Gasteiger partial charge on any atom is 0.488 e. The molecule has 3 aromatic carbocycles. The van der Waals surface area contributed by atoms with Gasteiger partial charge in [0.1, 0.15) is 17.2 Å². The van der Waals surface area contributed by atoms with Gasteiger partial charge in [0.15, 0.2) is 0 Å². The number of halogens is 1. The molecule has 0 radical (unpaired) electrons. The topological polar surface area (TPSA) is 120 Å². The van der Waals surface area contributed by atoms with Gasteiger partial charge in [-0.05, 0) is 72.6 Å². The molecule has 1 amide bonds. The number of sulfonamides is 1. The van der Waals surface area contributed by atoms with E-state index in [1.165, 1.54) is 35.6 Å². The number of hydrogen-bond donors (Lipinski definition) is 3. The Hall–Kier alpha value is -3.67. The van der Waals surface area contributed by atoms with Gasteiger partial charge in [0.05, 0.1) is 24.1 Å². The Morgan fingerprint density at radius 2 is 1.82 bits per heavy atom. The molecule has 0 atom stereocenters. The maximum atomic E-state index is 13.6. The number of anilines is 1. The number of carbonyl (C=O) groups is 1. The van der Waals surface area contributed by atoms with Crippen LogP contribution in [0.15, 0.2) is 59.0 Å². The van der Waals surface area contributed by atoms with Gasteiger partial charge in [0.25, 0.3) is 5.91 Å². The van der Waals surface area contributed by atoms with Crippen LogP contribution >= 0.6 is 0 Å². The number of rotatable bonds is 8. The molecule has 0 saturated heterocycles. The summed E-state index contributed by atoms with van der Waals surface area (Å²) in [4.78, 5) is 13.0. The highest BCUT2D eigenvalue weighted by Gasteiger charge is 2.33. The number of furan rings is 1. The van der Waals surface area contributed by atoms with Crippen LogP contribution in [-0.2, 0) is 16.6 Å². The van der Waals surface area contributed by atoms with E-state index in [0.717, 1.165) is 24.7 Å². The fourth-order valence-electron chi connectivity index (χ4n) is 4.91. The first-order valence-electron chi connectivity index (χ1n) is 12.5. The van der Waals surface area contributed by atoms with Crippen molar-refractivity contribution in [3.05, 3.63) is 82.7 Å². The quantitative estimate of drug-likeness (QED) is 0.289. The van der Waals surface area contributed by atoms with Crippen molar-refractivity contribution in [2.75, 3.05) is 17.6 Å². The first kappa shape index (κ1) is 26.9. The number of amides is 1. The van der Waals surface area contributed by atoms with Crippen LogP contribution in [0.1, 0.15) is 45.8 Å². The first-order chi connectivity index (χ1) is 18.5. The molecule has 0 aliphatic heterocycles. The average Bonchev–Trinajstić information content (AvgIpc) is 3.66. The summed E-state index contributed by atoms with van der Waals surface area (Å²) in [6, 6.07) is 14.1. The minimum absolute atomic E-state index is 0.0144. The highest BCUT2D eigenvalue weighted by Crippen LogP contribution is 2.48. The maximum absolute atomic E-state index is 13.6. The zero-order chi connectivity index (χ0) is 28.1. The molecule has 1 heterocycles. The van der Waals surface area contributed by atoms with Crippen molar-refractivity contribution >= 4 is 45.2 Å². The van der Waals surface area contributed by atoms with E-state index in [1.807, 2.05) is 6.07 Å². The van der Waals surface area contributed by atoms with E-state index in [0.29, 0.717) is 44.4 Å². The summed E-state index contributed by atoms with van der Waals surface area (Å²) >= 11 is 0. The van der Waals surface area contributed by atoms with Crippen LogP contribution in [0.25, 0.3) is 22.3 Å². The second-order valence-corrected chi connectivity index (χ2v) is 11.8. The molecule has 3 N–H and O–H groups in total. The lowest BCUT2D eigenvalue weighted by Crippen LogP contribution is -2.33. The molecule has 0 bridgehead atoms. The number of fused-ring (bicyclic) bond motifs is 1. The summed E-state index contributed by atoms with van der Waals surface area (Å²) in [7, 11) is -3.87. The zero-order valence-electron chi connectivity index (χ0n) is 21.7. The summed E-state index contributed by atoms with van der Waals surface area (Å²) in [6.07, 6.45) is 2.90. The molecule has 4 aromatic rings.